The van der Waals surface area contributed by atoms with Crippen LogP contribution in [0.3, 0.4) is 0 Å². The summed E-state index contributed by atoms with van der Waals surface area (Å²) in [6.45, 7) is 2.25. The summed E-state index contributed by atoms with van der Waals surface area (Å²) >= 11 is 5.16. The van der Waals surface area contributed by atoms with Crippen LogP contribution in [0.5, 0.6) is 5.75 Å². The first-order chi connectivity index (χ1) is 12.2. The van der Waals surface area contributed by atoms with Crippen LogP contribution in [-0.2, 0) is 6.61 Å². The summed E-state index contributed by atoms with van der Waals surface area (Å²) in [7, 11) is 0. The Hall–Kier alpha value is -2.34. The highest BCUT2D eigenvalue weighted by Crippen LogP contribution is 2.29. The molecule has 0 aliphatic carbocycles. The number of ether oxygens (including phenoxy) is 1. The van der Waals surface area contributed by atoms with Crippen molar-refractivity contribution in [3.63, 3.8) is 0 Å². The predicted octanol–water partition coefficient (Wildman–Crippen LogP) is 5.66. The lowest BCUT2D eigenvalue weighted by atomic mass is 9.97. The Kier molecular flexibility index (Phi) is 5.71. The molecule has 3 nitrogen and oxygen atoms in total. The Balaban J connectivity index is 1.69. The first-order valence-corrected chi connectivity index (χ1v) is 9.42. The van der Waals surface area contributed by atoms with Crippen molar-refractivity contribution in [3.05, 3.63) is 57.5 Å². The number of halogens is 1. The molecule has 1 atom stereocenters. The third-order valence-corrected chi connectivity index (χ3v) is 5.60. The Morgan fingerprint density at radius 3 is 2.84 bits per heavy atom. The van der Waals surface area contributed by atoms with Gasteiger partial charge in [0.2, 0.25) is 0 Å². The maximum Gasteiger partial charge on any atom is 0.124 e. The molecule has 0 aliphatic heterocycles. The number of hydrogen-bond acceptors (Lipinski definition) is 4. The number of nitrogens with zero attached hydrogens (tertiary/aromatic N) is 2. The minimum atomic E-state index is -0.0494. The summed E-state index contributed by atoms with van der Waals surface area (Å²) in [5, 5.41) is 12.1. The highest BCUT2D eigenvalue weighted by Gasteiger charge is 2.09. The van der Waals surface area contributed by atoms with Gasteiger partial charge >= 0.3 is 0 Å². The number of aromatic nitrogens is 1. The van der Waals surface area contributed by atoms with E-state index in [1.165, 1.54) is 0 Å². The Morgan fingerprint density at radius 2 is 2.12 bits per heavy atom. The number of hydrogen-bond donors (Lipinski definition) is 0. The van der Waals surface area contributed by atoms with Crippen LogP contribution in [0.15, 0.2) is 46.4 Å². The van der Waals surface area contributed by atoms with Gasteiger partial charge in [-0.2, -0.15) is 5.26 Å². The van der Waals surface area contributed by atoms with Crippen molar-refractivity contribution in [2.24, 2.45) is 0 Å². The fraction of sp³-hybridized carbons (Fsp3) is 0.200. The van der Waals surface area contributed by atoms with Gasteiger partial charge in [0.1, 0.15) is 17.2 Å². The summed E-state index contributed by atoms with van der Waals surface area (Å²) in [6.07, 6.45) is 2.24. The molecule has 2 heterocycles. The van der Waals surface area contributed by atoms with E-state index in [1.54, 1.807) is 18.3 Å². The minimum Gasteiger partial charge on any atom is -0.489 e. The van der Waals surface area contributed by atoms with E-state index in [9.17, 15) is 0 Å². The van der Waals surface area contributed by atoms with E-state index in [0.717, 1.165) is 31.6 Å². The van der Waals surface area contributed by atoms with Crippen LogP contribution in [0.2, 0.25) is 0 Å². The second kappa shape index (κ2) is 8.16. The lowest BCUT2D eigenvalue weighted by molar-refractivity contribution is 0.306. The van der Waals surface area contributed by atoms with Crippen molar-refractivity contribution in [3.8, 4) is 23.7 Å². The molecular weight excluding hydrogens is 396 g/mol. The quantitative estimate of drug-likeness (QED) is 0.509. The van der Waals surface area contributed by atoms with Gasteiger partial charge in [-0.25, -0.2) is 4.98 Å². The largest absolute Gasteiger partial charge is 0.489 e. The first-order valence-electron chi connectivity index (χ1n) is 7.75. The summed E-state index contributed by atoms with van der Waals surface area (Å²) in [5.74, 6) is 6.69. The average Bonchev–Trinajstić information content (AvgIpc) is 3.01. The fourth-order valence-electron chi connectivity index (χ4n) is 2.49. The van der Waals surface area contributed by atoms with Gasteiger partial charge in [-0.15, -0.1) is 17.3 Å². The van der Waals surface area contributed by atoms with Gasteiger partial charge in [-0.1, -0.05) is 18.1 Å². The maximum atomic E-state index is 8.92. The second-order valence-corrected chi connectivity index (χ2v) is 7.16. The molecule has 25 heavy (non-hydrogen) atoms. The van der Waals surface area contributed by atoms with Gasteiger partial charge in [0.25, 0.3) is 0 Å². The van der Waals surface area contributed by atoms with Crippen LogP contribution >= 0.6 is 27.3 Å². The lowest BCUT2D eigenvalue weighted by Gasteiger charge is -2.10. The molecule has 0 spiro atoms. The Bertz CT molecular complexity index is 977. The molecule has 0 saturated heterocycles. The zero-order valence-corrected chi connectivity index (χ0v) is 16.0. The van der Waals surface area contributed by atoms with Gasteiger partial charge < -0.3 is 4.74 Å². The van der Waals surface area contributed by atoms with E-state index in [1.807, 2.05) is 35.8 Å². The van der Waals surface area contributed by atoms with Gasteiger partial charge in [0.15, 0.2) is 0 Å². The first kappa shape index (κ1) is 17.5. The average molecular weight is 411 g/mol. The van der Waals surface area contributed by atoms with Crippen LogP contribution in [0.1, 0.15) is 30.4 Å². The van der Waals surface area contributed by atoms with E-state index >= 15 is 0 Å². The van der Waals surface area contributed by atoms with Crippen LogP contribution in [0.4, 0.5) is 0 Å². The normalized spacial score (nSPS) is 11.4. The smallest absolute Gasteiger partial charge is 0.124 e. The Morgan fingerprint density at radius 1 is 1.32 bits per heavy atom. The van der Waals surface area contributed by atoms with E-state index in [0.29, 0.717) is 13.0 Å². The molecule has 0 fully saturated rings. The molecule has 0 aliphatic rings. The van der Waals surface area contributed by atoms with Gasteiger partial charge in [-0.05, 0) is 46.6 Å². The van der Waals surface area contributed by atoms with E-state index in [4.69, 9.17) is 10.00 Å². The number of pyridine rings is 1. The van der Waals surface area contributed by atoms with Crippen molar-refractivity contribution >= 4 is 37.5 Å². The zero-order chi connectivity index (χ0) is 17.6. The number of nitriles is 1. The molecular formula is C20H15BrN2OS. The molecule has 2 aromatic heterocycles. The van der Waals surface area contributed by atoms with Crippen LogP contribution in [0.25, 0.3) is 10.2 Å². The Labute approximate surface area is 159 Å². The minimum absolute atomic E-state index is 0.0494. The maximum absolute atomic E-state index is 8.92. The highest BCUT2D eigenvalue weighted by atomic mass is 79.9. The number of benzene rings is 1. The summed E-state index contributed by atoms with van der Waals surface area (Å²) in [5.41, 5.74) is 2.06. The topological polar surface area (TPSA) is 45.9 Å². The zero-order valence-electron chi connectivity index (χ0n) is 13.6. The summed E-state index contributed by atoms with van der Waals surface area (Å²) in [4.78, 5) is 5.47. The van der Waals surface area contributed by atoms with Gasteiger partial charge in [-0.3, -0.25) is 0 Å². The molecule has 0 radical (unpaired) electrons. The number of rotatable bonds is 5. The molecule has 0 N–H and O–H groups in total. The molecule has 1 aromatic carbocycles. The second-order valence-electron chi connectivity index (χ2n) is 5.45. The van der Waals surface area contributed by atoms with E-state index < -0.39 is 0 Å². The van der Waals surface area contributed by atoms with E-state index in [-0.39, 0.29) is 5.92 Å². The van der Waals surface area contributed by atoms with Gasteiger partial charge in [0.05, 0.1) is 18.4 Å². The summed E-state index contributed by atoms with van der Waals surface area (Å²) < 4.78 is 6.92. The predicted molar refractivity (Wildman–Crippen MR) is 105 cm³/mol. The molecule has 124 valence electrons. The third-order valence-electron chi connectivity index (χ3n) is 3.74. The lowest BCUT2D eigenvalue weighted by Crippen LogP contribution is -1.98. The van der Waals surface area contributed by atoms with E-state index in [2.05, 4.69) is 44.9 Å². The van der Waals surface area contributed by atoms with Crippen LogP contribution < -0.4 is 4.74 Å². The van der Waals surface area contributed by atoms with Crippen molar-refractivity contribution < 1.29 is 4.74 Å². The number of fused-ring (bicyclic) bond motifs is 1. The standard InChI is InChI=1S/C20H15BrN2OS/c1-2-3-15(8-9-22)16-4-6-17(7-5-16)24-12-14-10-18-19(21)13-25-20(18)23-11-14/h4-7,10-11,13,15H,8,12H2,1H3/t15-/m0/s1. The highest BCUT2D eigenvalue weighted by molar-refractivity contribution is 9.10. The number of thiophene rings is 1. The molecule has 0 bridgehead atoms. The molecule has 3 rings (SSSR count). The SMILES string of the molecule is CC#C[C@@H](CC#N)c1ccc(OCc2cnc3scc(Br)c3c2)cc1. The molecule has 3 aromatic rings. The molecule has 0 unspecified atom stereocenters. The molecule has 0 saturated carbocycles. The summed E-state index contributed by atoms with van der Waals surface area (Å²) in [6, 6.07) is 12.1. The van der Waals surface area contributed by atoms with Crippen LogP contribution in [0, 0.1) is 23.2 Å². The van der Waals surface area contributed by atoms with Crippen molar-refractivity contribution in [2.75, 3.05) is 0 Å². The third kappa shape index (κ3) is 4.20. The fourth-order valence-corrected chi connectivity index (χ4v) is 3.96. The van der Waals surface area contributed by atoms with Gasteiger partial charge in [0, 0.05) is 27.0 Å². The van der Waals surface area contributed by atoms with Crippen molar-refractivity contribution in [2.45, 2.75) is 25.9 Å². The monoisotopic (exact) mass is 410 g/mol. The molecule has 0 amide bonds. The van der Waals surface area contributed by atoms with Crippen molar-refractivity contribution in [1.29, 1.82) is 5.26 Å². The molecule has 5 heteroatoms. The van der Waals surface area contributed by atoms with Crippen molar-refractivity contribution in [1.82, 2.24) is 4.98 Å². The van der Waals surface area contributed by atoms with Crippen LogP contribution in [-0.4, -0.2) is 4.98 Å².